The van der Waals surface area contributed by atoms with Crippen LogP contribution in [0.3, 0.4) is 0 Å². The van der Waals surface area contributed by atoms with Gasteiger partial charge in [0.25, 0.3) is 0 Å². The van der Waals surface area contributed by atoms with Gasteiger partial charge in [0, 0.05) is 23.9 Å². The second-order valence-electron chi connectivity index (χ2n) is 10.4. The molecular weight excluding hydrogens is 284 g/mol. The lowest BCUT2D eigenvalue weighted by molar-refractivity contribution is -1.06. The molecule has 0 spiro atoms. The van der Waals surface area contributed by atoms with Gasteiger partial charge in [-0.05, 0) is 41.5 Å². The third-order valence-electron chi connectivity index (χ3n) is 8.18. The lowest BCUT2D eigenvalue weighted by atomic mass is 9.79. The quantitative estimate of drug-likeness (QED) is 0.660. The van der Waals surface area contributed by atoms with Gasteiger partial charge < -0.3 is 9.38 Å². The number of likely N-dealkylation sites (N-methyl/N-ethyl adjacent to an activating group) is 1. The molecule has 0 bridgehead atoms. The summed E-state index contributed by atoms with van der Waals surface area (Å²) < 4.78 is 1.27. The summed E-state index contributed by atoms with van der Waals surface area (Å²) in [6.07, 6.45) is 4.03. The highest BCUT2D eigenvalue weighted by Gasteiger charge is 2.67. The van der Waals surface area contributed by atoms with Gasteiger partial charge in [-0.1, -0.05) is 0 Å². The zero-order valence-corrected chi connectivity index (χ0v) is 16.4. The smallest absolute Gasteiger partial charge is 0.214 e. The third-order valence-corrected chi connectivity index (χ3v) is 8.18. The first kappa shape index (κ1) is 16.3. The molecule has 4 nitrogen and oxygen atoms in total. The summed E-state index contributed by atoms with van der Waals surface area (Å²) in [5, 5.41) is 0. The molecule has 0 aromatic carbocycles. The van der Waals surface area contributed by atoms with Crippen molar-refractivity contribution in [2.75, 3.05) is 33.2 Å². The van der Waals surface area contributed by atoms with E-state index in [1.54, 1.807) is 0 Å². The molecule has 2 unspecified atom stereocenters. The van der Waals surface area contributed by atoms with Crippen LogP contribution in [-0.2, 0) is 0 Å². The minimum absolute atomic E-state index is 0.348. The van der Waals surface area contributed by atoms with Crippen molar-refractivity contribution in [3.8, 4) is 0 Å². The van der Waals surface area contributed by atoms with Crippen molar-refractivity contribution in [3.63, 3.8) is 0 Å². The predicted molar refractivity (Wildman–Crippen MR) is 94.2 cm³/mol. The topological polar surface area (TPSA) is 10.9 Å². The SMILES string of the molecule is C[C@H]1CC(C)(C)N2CC[N+]3(C)[C@@H]4[C@H]2[NH+]1CCN4C(C)(C)C[C@@H]3C. The van der Waals surface area contributed by atoms with Gasteiger partial charge in [0.1, 0.15) is 0 Å². The lowest BCUT2D eigenvalue weighted by Crippen LogP contribution is -3.27. The van der Waals surface area contributed by atoms with Crippen LogP contribution in [-0.4, -0.2) is 83.0 Å². The van der Waals surface area contributed by atoms with Crippen LogP contribution in [0.2, 0.25) is 0 Å². The second kappa shape index (κ2) is 4.72. The number of piperazine rings is 2. The monoisotopic (exact) mass is 322 g/mol. The number of nitrogens with zero attached hydrogens (tertiary/aromatic N) is 3. The Morgan fingerprint density at radius 3 is 2.30 bits per heavy atom. The van der Waals surface area contributed by atoms with E-state index in [0.717, 1.165) is 12.1 Å². The Morgan fingerprint density at radius 2 is 1.61 bits per heavy atom. The molecule has 0 radical (unpaired) electrons. The number of nitrogens with one attached hydrogen (secondary N) is 1. The first-order valence-corrected chi connectivity index (χ1v) is 9.82. The van der Waals surface area contributed by atoms with E-state index < -0.39 is 0 Å². The Kier molecular flexibility index (Phi) is 3.35. The van der Waals surface area contributed by atoms with Gasteiger partial charge in [-0.15, -0.1) is 0 Å². The summed E-state index contributed by atoms with van der Waals surface area (Å²) in [5.41, 5.74) is 0.702. The van der Waals surface area contributed by atoms with E-state index >= 15 is 0 Å². The molecule has 4 aliphatic rings. The van der Waals surface area contributed by atoms with Gasteiger partial charge in [0.2, 0.25) is 12.3 Å². The fourth-order valence-electron chi connectivity index (χ4n) is 6.89. The highest BCUT2D eigenvalue weighted by molar-refractivity contribution is 5.00. The van der Waals surface area contributed by atoms with Gasteiger partial charge in [-0.2, -0.15) is 0 Å². The van der Waals surface area contributed by atoms with Crippen LogP contribution < -0.4 is 4.90 Å². The molecule has 4 aliphatic heterocycles. The van der Waals surface area contributed by atoms with Crippen LogP contribution in [0.15, 0.2) is 0 Å². The largest absolute Gasteiger partial charge is 0.310 e. The van der Waals surface area contributed by atoms with Gasteiger partial charge in [-0.3, -0.25) is 0 Å². The first-order valence-electron chi connectivity index (χ1n) is 9.82. The fraction of sp³-hybridized carbons (Fsp3) is 1.00. The molecule has 23 heavy (non-hydrogen) atoms. The standard InChI is InChI=1S/C19H37N4/c1-14-12-18(3,4)21-10-11-23(7)15(2)13-19(5,6)22-9-8-20(14)16(21)17(22)23/h14-17H,8-13H2,1-7H3/q+1/p+1/t14-,15-,16-,17+,23?/m0/s1. The Labute approximate surface area is 143 Å². The van der Waals surface area contributed by atoms with Crippen LogP contribution in [0.1, 0.15) is 54.4 Å². The van der Waals surface area contributed by atoms with Crippen molar-refractivity contribution in [2.24, 2.45) is 0 Å². The Morgan fingerprint density at radius 1 is 0.957 bits per heavy atom. The summed E-state index contributed by atoms with van der Waals surface area (Å²) in [5.74, 6) is 0. The summed E-state index contributed by atoms with van der Waals surface area (Å²) in [7, 11) is 2.56. The van der Waals surface area contributed by atoms with E-state index in [2.05, 4.69) is 58.4 Å². The molecule has 0 aromatic heterocycles. The van der Waals surface area contributed by atoms with Crippen molar-refractivity contribution < 1.29 is 9.38 Å². The van der Waals surface area contributed by atoms with Gasteiger partial charge in [0.15, 0.2) is 0 Å². The van der Waals surface area contributed by atoms with Crippen LogP contribution in [0, 0.1) is 0 Å². The molecule has 4 saturated heterocycles. The molecular formula is C19H38N4+2. The Hall–Kier alpha value is -0.160. The van der Waals surface area contributed by atoms with Crippen LogP contribution >= 0.6 is 0 Å². The highest BCUT2D eigenvalue weighted by atomic mass is 15.6. The molecule has 4 heterocycles. The molecule has 0 amide bonds. The minimum Gasteiger partial charge on any atom is -0.310 e. The van der Waals surface area contributed by atoms with Crippen molar-refractivity contribution in [3.05, 3.63) is 0 Å². The summed E-state index contributed by atoms with van der Waals surface area (Å²) in [4.78, 5) is 7.67. The highest BCUT2D eigenvalue weighted by Crippen LogP contribution is 2.44. The Balaban J connectivity index is 1.82. The van der Waals surface area contributed by atoms with E-state index in [4.69, 9.17) is 0 Å². The summed E-state index contributed by atoms with van der Waals surface area (Å²) >= 11 is 0. The maximum absolute atomic E-state index is 2.90. The Bertz CT molecular complexity index is 502. The number of hydrogen-bond donors (Lipinski definition) is 1. The molecule has 0 aromatic rings. The number of quaternary nitrogens is 2. The molecule has 4 rings (SSSR count). The van der Waals surface area contributed by atoms with Crippen molar-refractivity contribution >= 4 is 0 Å². The average Bonchev–Trinajstić information content (AvgIpc) is 2.43. The van der Waals surface area contributed by atoms with Crippen LogP contribution in [0.4, 0.5) is 0 Å². The predicted octanol–water partition coefficient (Wildman–Crippen LogP) is 0.743. The molecule has 0 aliphatic carbocycles. The van der Waals surface area contributed by atoms with Gasteiger partial charge in [0.05, 0.1) is 45.3 Å². The number of rotatable bonds is 0. The maximum Gasteiger partial charge on any atom is 0.214 e. The zero-order chi connectivity index (χ0) is 16.8. The molecule has 4 heteroatoms. The second-order valence-corrected chi connectivity index (χ2v) is 10.4. The van der Waals surface area contributed by atoms with E-state index in [1.807, 2.05) is 4.90 Å². The minimum atomic E-state index is 0.348. The van der Waals surface area contributed by atoms with Crippen molar-refractivity contribution in [1.29, 1.82) is 0 Å². The maximum atomic E-state index is 2.90. The van der Waals surface area contributed by atoms with E-state index in [-0.39, 0.29) is 0 Å². The first-order chi connectivity index (χ1) is 10.6. The fourth-order valence-corrected chi connectivity index (χ4v) is 6.89. The van der Waals surface area contributed by atoms with Crippen molar-refractivity contribution in [1.82, 2.24) is 9.80 Å². The molecule has 6 atom stereocenters. The van der Waals surface area contributed by atoms with Gasteiger partial charge in [-0.25, -0.2) is 9.80 Å². The van der Waals surface area contributed by atoms with E-state index in [1.165, 1.54) is 43.5 Å². The summed E-state index contributed by atoms with van der Waals surface area (Å²) in [6.45, 7) is 20.2. The molecule has 0 saturated carbocycles. The normalized spacial score (nSPS) is 52.0. The van der Waals surface area contributed by atoms with E-state index in [9.17, 15) is 0 Å². The molecule has 1 N–H and O–H groups in total. The lowest BCUT2D eigenvalue weighted by Gasteiger charge is -2.69. The third kappa shape index (κ3) is 2.04. The summed E-state index contributed by atoms with van der Waals surface area (Å²) in [6, 6.07) is 1.56. The number of hydrogen-bond acceptors (Lipinski definition) is 2. The zero-order valence-electron chi connectivity index (χ0n) is 16.4. The molecule has 4 fully saturated rings. The van der Waals surface area contributed by atoms with Crippen LogP contribution in [0.25, 0.3) is 0 Å². The molecule has 132 valence electrons. The van der Waals surface area contributed by atoms with Crippen molar-refractivity contribution in [2.45, 2.75) is 89.9 Å². The van der Waals surface area contributed by atoms with Crippen LogP contribution in [0.5, 0.6) is 0 Å². The average molecular weight is 323 g/mol. The van der Waals surface area contributed by atoms with E-state index in [0.29, 0.717) is 23.4 Å². The van der Waals surface area contributed by atoms with Gasteiger partial charge >= 0.3 is 0 Å².